The zero-order valence-corrected chi connectivity index (χ0v) is 17.2. The van der Waals surface area contributed by atoms with Crippen molar-refractivity contribution in [3.63, 3.8) is 0 Å². The van der Waals surface area contributed by atoms with Gasteiger partial charge < -0.3 is 9.47 Å². The lowest BCUT2D eigenvalue weighted by molar-refractivity contribution is 0.0692. The maximum Gasteiger partial charge on any atom is 0.257 e. The van der Waals surface area contributed by atoms with Gasteiger partial charge in [-0.15, -0.1) is 0 Å². The molecule has 1 amide bonds. The van der Waals surface area contributed by atoms with E-state index in [-0.39, 0.29) is 10.8 Å². The van der Waals surface area contributed by atoms with Gasteiger partial charge in [-0.1, -0.05) is 6.92 Å². The lowest BCUT2D eigenvalue weighted by atomic mass is 9.98. The van der Waals surface area contributed by atoms with Gasteiger partial charge in [0.05, 0.1) is 5.56 Å². The second kappa shape index (κ2) is 6.76. The quantitative estimate of drug-likeness (QED) is 0.890. The van der Waals surface area contributed by atoms with Crippen molar-refractivity contribution in [3.8, 4) is 0 Å². The Kier molecular flexibility index (Phi) is 5.40. The van der Waals surface area contributed by atoms with Gasteiger partial charge in [-0.05, 0) is 53.4 Å². The molecule has 25 heavy (non-hydrogen) atoms. The van der Waals surface area contributed by atoms with Gasteiger partial charge in [-0.25, -0.2) is 13.1 Å². The number of rotatable bonds is 3. The topological polar surface area (TPSA) is 71.4 Å². The van der Waals surface area contributed by atoms with Gasteiger partial charge in [0.25, 0.3) is 5.91 Å². The highest BCUT2D eigenvalue weighted by molar-refractivity contribution is 7.89. The number of carbonyl (C=O) groups is 1. The summed E-state index contributed by atoms with van der Waals surface area (Å²) in [6.07, 6.45) is 1.91. The number of amides is 1. The van der Waals surface area contributed by atoms with Crippen LogP contribution in [0.2, 0.25) is 0 Å². The van der Waals surface area contributed by atoms with Crippen molar-refractivity contribution in [2.24, 2.45) is 13.0 Å². The average molecular weight is 370 g/mol. The van der Waals surface area contributed by atoms with E-state index in [1.165, 1.54) is 0 Å². The van der Waals surface area contributed by atoms with Crippen LogP contribution in [0.3, 0.4) is 0 Å². The SMILES string of the molecule is Cc1c(C(=O)N2CCC(C)CC2)c(S(=O)(=O)NC(C)(C)C)c(C)n1C. The molecule has 0 aliphatic carbocycles. The van der Waals surface area contributed by atoms with Crippen molar-refractivity contribution in [3.05, 3.63) is 17.0 Å². The summed E-state index contributed by atoms with van der Waals surface area (Å²) in [6.45, 7) is 12.5. The molecule has 0 spiro atoms. The molecule has 1 fully saturated rings. The Balaban J connectivity index is 2.52. The normalized spacial score (nSPS) is 17.2. The van der Waals surface area contributed by atoms with Crippen molar-refractivity contribution in [1.29, 1.82) is 0 Å². The molecule has 0 atom stereocenters. The molecule has 2 heterocycles. The first-order valence-corrected chi connectivity index (χ1v) is 10.3. The number of aromatic nitrogens is 1. The minimum atomic E-state index is -3.79. The van der Waals surface area contributed by atoms with Crippen molar-refractivity contribution >= 4 is 15.9 Å². The molecular weight excluding hydrogens is 338 g/mol. The van der Waals surface area contributed by atoms with Crippen LogP contribution in [-0.4, -0.2) is 42.4 Å². The number of likely N-dealkylation sites (tertiary alicyclic amines) is 1. The van der Waals surface area contributed by atoms with E-state index in [4.69, 9.17) is 0 Å². The van der Waals surface area contributed by atoms with Crippen LogP contribution in [0.5, 0.6) is 0 Å². The lowest BCUT2D eigenvalue weighted by Crippen LogP contribution is -2.42. The highest BCUT2D eigenvalue weighted by atomic mass is 32.2. The fraction of sp³-hybridized carbons (Fsp3) is 0.722. The van der Waals surface area contributed by atoms with Crippen LogP contribution in [0, 0.1) is 19.8 Å². The number of piperidine rings is 1. The molecule has 1 aliphatic rings. The Morgan fingerprint density at radius 2 is 1.64 bits per heavy atom. The van der Waals surface area contributed by atoms with Crippen LogP contribution < -0.4 is 4.72 Å². The van der Waals surface area contributed by atoms with Gasteiger partial charge in [0.15, 0.2) is 0 Å². The summed E-state index contributed by atoms with van der Waals surface area (Å²) >= 11 is 0. The summed E-state index contributed by atoms with van der Waals surface area (Å²) in [7, 11) is -1.99. The van der Waals surface area contributed by atoms with E-state index in [2.05, 4.69) is 11.6 Å². The Hall–Kier alpha value is -1.34. The maximum atomic E-state index is 13.1. The smallest absolute Gasteiger partial charge is 0.257 e. The van der Waals surface area contributed by atoms with Crippen LogP contribution >= 0.6 is 0 Å². The van der Waals surface area contributed by atoms with E-state index in [0.717, 1.165) is 12.8 Å². The van der Waals surface area contributed by atoms with Gasteiger partial charge in [0.1, 0.15) is 4.90 Å². The molecule has 1 aromatic rings. The molecule has 0 bridgehead atoms. The number of nitrogens with one attached hydrogen (secondary N) is 1. The molecule has 0 radical (unpaired) electrons. The molecule has 6 nitrogen and oxygen atoms in total. The summed E-state index contributed by atoms with van der Waals surface area (Å²) < 4.78 is 30.5. The predicted octanol–water partition coefficient (Wildman–Crippen LogP) is 2.59. The van der Waals surface area contributed by atoms with E-state index >= 15 is 0 Å². The Bertz CT molecular complexity index is 764. The molecule has 0 saturated carbocycles. The van der Waals surface area contributed by atoms with E-state index in [1.807, 2.05) is 6.92 Å². The number of hydrogen-bond acceptors (Lipinski definition) is 3. The molecule has 1 saturated heterocycles. The Labute approximate surface area is 151 Å². The van der Waals surface area contributed by atoms with E-state index in [0.29, 0.717) is 36.0 Å². The molecule has 7 heteroatoms. The molecule has 142 valence electrons. The first kappa shape index (κ1) is 20.0. The lowest BCUT2D eigenvalue weighted by Gasteiger charge is -2.30. The molecule has 1 aliphatic heterocycles. The summed E-state index contributed by atoms with van der Waals surface area (Å²) in [4.78, 5) is 15.1. The fourth-order valence-corrected chi connectivity index (χ4v) is 5.26. The molecule has 0 aromatic carbocycles. The largest absolute Gasteiger partial charge is 0.350 e. The maximum absolute atomic E-state index is 13.1. The highest BCUT2D eigenvalue weighted by Gasteiger charge is 2.35. The average Bonchev–Trinajstić information content (AvgIpc) is 2.70. The molecule has 2 rings (SSSR count). The second-order valence-corrected chi connectivity index (χ2v) is 9.88. The third kappa shape index (κ3) is 4.08. The summed E-state index contributed by atoms with van der Waals surface area (Å²) in [5.74, 6) is 0.427. The van der Waals surface area contributed by atoms with E-state index in [9.17, 15) is 13.2 Å². The standard InChI is InChI=1S/C18H31N3O3S/c1-12-8-10-21(11-9-12)17(22)15-13(2)20(7)14(3)16(15)25(23,24)19-18(4,5)6/h12,19H,8-11H2,1-7H3. The van der Waals surface area contributed by atoms with Crippen LogP contribution in [-0.2, 0) is 17.1 Å². The van der Waals surface area contributed by atoms with Crippen molar-refractivity contribution in [2.75, 3.05) is 13.1 Å². The van der Waals surface area contributed by atoms with Gasteiger partial charge in [0, 0.05) is 37.1 Å². The third-order valence-electron chi connectivity index (χ3n) is 4.92. The monoisotopic (exact) mass is 369 g/mol. The van der Waals surface area contributed by atoms with Crippen LogP contribution in [0.1, 0.15) is 62.3 Å². The minimum Gasteiger partial charge on any atom is -0.350 e. The van der Waals surface area contributed by atoms with Crippen molar-refractivity contribution in [1.82, 2.24) is 14.2 Å². The fourth-order valence-electron chi connectivity index (χ4n) is 3.32. The van der Waals surface area contributed by atoms with Crippen LogP contribution in [0.25, 0.3) is 0 Å². The zero-order valence-electron chi connectivity index (χ0n) is 16.4. The molecule has 1 N–H and O–H groups in total. The van der Waals surface area contributed by atoms with Crippen LogP contribution in [0.4, 0.5) is 0 Å². The summed E-state index contributed by atoms with van der Waals surface area (Å²) in [5.41, 5.74) is 0.972. The first-order chi connectivity index (χ1) is 11.3. The molecular formula is C18H31N3O3S. The van der Waals surface area contributed by atoms with Crippen molar-refractivity contribution < 1.29 is 13.2 Å². The first-order valence-electron chi connectivity index (χ1n) is 8.84. The van der Waals surface area contributed by atoms with E-state index in [1.54, 1.807) is 44.2 Å². The third-order valence-corrected chi connectivity index (χ3v) is 6.84. The Morgan fingerprint density at radius 1 is 1.12 bits per heavy atom. The number of carbonyl (C=O) groups excluding carboxylic acids is 1. The van der Waals surface area contributed by atoms with Gasteiger partial charge in [0.2, 0.25) is 10.0 Å². The molecule has 1 aromatic heterocycles. The van der Waals surface area contributed by atoms with Crippen molar-refractivity contribution in [2.45, 2.75) is 64.8 Å². The van der Waals surface area contributed by atoms with Gasteiger partial charge in [-0.3, -0.25) is 4.79 Å². The Morgan fingerprint density at radius 3 is 2.12 bits per heavy atom. The predicted molar refractivity (Wildman–Crippen MR) is 99.3 cm³/mol. The summed E-state index contributed by atoms with van der Waals surface area (Å²) in [6, 6.07) is 0. The number of sulfonamides is 1. The second-order valence-electron chi connectivity index (χ2n) is 8.26. The highest BCUT2D eigenvalue weighted by Crippen LogP contribution is 2.29. The minimum absolute atomic E-state index is 0.117. The molecule has 0 unspecified atom stereocenters. The number of nitrogens with zero attached hydrogens (tertiary/aromatic N) is 2. The number of hydrogen-bond donors (Lipinski definition) is 1. The van der Waals surface area contributed by atoms with Crippen LogP contribution in [0.15, 0.2) is 4.90 Å². The van der Waals surface area contributed by atoms with Gasteiger partial charge >= 0.3 is 0 Å². The zero-order chi connectivity index (χ0) is 19.2. The summed E-state index contributed by atoms with van der Waals surface area (Å²) in [5, 5.41) is 0. The van der Waals surface area contributed by atoms with E-state index < -0.39 is 15.6 Å². The van der Waals surface area contributed by atoms with Gasteiger partial charge in [-0.2, -0.15) is 0 Å².